The van der Waals surface area contributed by atoms with Gasteiger partial charge in [-0.25, -0.2) is 4.79 Å². The van der Waals surface area contributed by atoms with Gasteiger partial charge in [0, 0.05) is 23.3 Å². The first kappa shape index (κ1) is 22.3. The number of carbonyl (C=O) groups excluding carboxylic acids is 1. The lowest BCUT2D eigenvalue weighted by atomic mass is 10.1. The van der Waals surface area contributed by atoms with Crippen molar-refractivity contribution >= 4 is 39.1 Å². The van der Waals surface area contributed by atoms with Crippen LogP contribution in [0.4, 0.5) is 15.6 Å². The minimum atomic E-state index is -0.383. The molecule has 9 nitrogen and oxygen atoms in total. The molecule has 2 aromatic heterocycles. The van der Waals surface area contributed by atoms with E-state index in [4.69, 9.17) is 14.2 Å². The van der Waals surface area contributed by atoms with Crippen LogP contribution in [0, 0.1) is 6.92 Å². The lowest BCUT2D eigenvalue weighted by Crippen LogP contribution is -2.19. The third-order valence-corrected chi connectivity index (χ3v) is 5.85. The van der Waals surface area contributed by atoms with Crippen molar-refractivity contribution < 1.29 is 19.0 Å². The summed E-state index contributed by atoms with van der Waals surface area (Å²) in [5, 5.41) is 15.6. The highest BCUT2D eigenvalue weighted by molar-refractivity contribution is 7.15. The summed E-state index contributed by atoms with van der Waals surface area (Å²) in [6.45, 7) is 3.88. The maximum Gasteiger partial charge on any atom is 0.325 e. The molecule has 4 rings (SSSR count). The molecule has 2 aromatic carbocycles. The number of nitrogens with zero attached hydrogens (tertiary/aromatic N) is 3. The first-order valence-electron chi connectivity index (χ1n) is 10.2. The average Bonchev–Trinajstić information content (AvgIpc) is 3.27. The van der Waals surface area contributed by atoms with Crippen LogP contribution in [0.2, 0.25) is 0 Å². The van der Waals surface area contributed by atoms with Gasteiger partial charge < -0.3 is 19.5 Å². The second-order valence-electron chi connectivity index (χ2n) is 7.05. The largest absolute Gasteiger partial charge is 0.493 e. The van der Waals surface area contributed by atoms with Gasteiger partial charge in [0.05, 0.1) is 19.7 Å². The van der Waals surface area contributed by atoms with Crippen molar-refractivity contribution in [3.8, 4) is 23.0 Å². The molecule has 170 valence electrons. The molecule has 2 amide bonds. The SMILES string of the molecule is CCc1nnc(NC(=O)Nc2ccc(Oc3ccnc4cc(OC)c(OC)cc34)cc2C)s1. The number of carbonyl (C=O) groups is 1. The molecule has 0 aliphatic carbocycles. The normalized spacial score (nSPS) is 10.7. The van der Waals surface area contributed by atoms with Crippen LogP contribution in [0.1, 0.15) is 17.5 Å². The van der Waals surface area contributed by atoms with Gasteiger partial charge in [-0.1, -0.05) is 18.3 Å². The molecule has 0 fully saturated rings. The molecular formula is C23H23N5O4S. The van der Waals surface area contributed by atoms with Crippen LogP contribution < -0.4 is 24.8 Å². The Morgan fingerprint density at radius 3 is 2.48 bits per heavy atom. The van der Waals surface area contributed by atoms with E-state index in [2.05, 4.69) is 25.8 Å². The summed E-state index contributed by atoms with van der Waals surface area (Å²) < 4.78 is 16.9. The van der Waals surface area contributed by atoms with Gasteiger partial charge >= 0.3 is 6.03 Å². The molecule has 4 aromatic rings. The number of rotatable bonds is 7. The number of aromatic nitrogens is 3. The Labute approximate surface area is 194 Å². The van der Waals surface area contributed by atoms with E-state index in [1.807, 2.05) is 26.0 Å². The molecule has 0 atom stereocenters. The molecule has 0 bridgehead atoms. The third-order valence-electron chi connectivity index (χ3n) is 4.87. The number of amides is 2. The van der Waals surface area contributed by atoms with E-state index in [9.17, 15) is 4.79 Å². The summed E-state index contributed by atoms with van der Waals surface area (Å²) in [6.07, 6.45) is 2.45. The number of hydrogen-bond acceptors (Lipinski definition) is 8. The zero-order chi connectivity index (χ0) is 23.4. The molecule has 0 saturated carbocycles. The van der Waals surface area contributed by atoms with Gasteiger partial charge in [0.1, 0.15) is 16.5 Å². The van der Waals surface area contributed by atoms with Gasteiger partial charge in [-0.2, -0.15) is 0 Å². The summed E-state index contributed by atoms with van der Waals surface area (Å²) in [5.74, 6) is 2.43. The number of ether oxygens (including phenoxy) is 3. The van der Waals surface area contributed by atoms with Crippen molar-refractivity contribution in [1.29, 1.82) is 0 Å². The molecule has 2 heterocycles. The van der Waals surface area contributed by atoms with Crippen molar-refractivity contribution in [2.45, 2.75) is 20.3 Å². The highest BCUT2D eigenvalue weighted by Crippen LogP contribution is 2.37. The van der Waals surface area contributed by atoms with E-state index in [1.165, 1.54) is 11.3 Å². The summed E-state index contributed by atoms with van der Waals surface area (Å²) in [5.41, 5.74) is 2.22. The summed E-state index contributed by atoms with van der Waals surface area (Å²) >= 11 is 1.35. The van der Waals surface area contributed by atoms with Crippen LogP contribution in [-0.2, 0) is 6.42 Å². The zero-order valence-corrected chi connectivity index (χ0v) is 19.4. The molecule has 0 saturated heterocycles. The topological polar surface area (TPSA) is 107 Å². The number of urea groups is 1. The van der Waals surface area contributed by atoms with Crippen LogP contribution in [-0.4, -0.2) is 35.4 Å². The monoisotopic (exact) mass is 465 g/mol. The van der Waals surface area contributed by atoms with Crippen molar-refractivity contribution in [3.63, 3.8) is 0 Å². The van der Waals surface area contributed by atoms with Gasteiger partial charge in [0.15, 0.2) is 11.5 Å². The highest BCUT2D eigenvalue weighted by Gasteiger charge is 2.13. The number of fused-ring (bicyclic) bond motifs is 1. The molecule has 0 radical (unpaired) electrons. The van der Waals surface area contributed by atoms with Crippen molar-refractivity contribution in [3.05, 3.63) is 53.2 Å². The molecular weight excluding hydrogens is 442 g/mol. The van der Waals surface area contributed by atoms with Gasteiger partial charge in [-0.15, -0.1) is 10.2 Å². The predicted molar refractivity (Wildman–Crippen MR) is 128 cm³/mol. The van der Waals surface area contributed by atoms with Crippen LogP contribution in [0.5, 0.6) is 23.0 Å². The number of aryl methyl sites for hydroxylation is 2. The Morgan fingerprint density at radius 1 is 1.00 bits per heavy atom. The van der Waals surface area contributed by atoms with Gasteiger partial charge in [0.2, 0.25) is 5.13 Å². The number of anilines is 2. The second kappa shape index (κ2) is 9.70. The molecule has 0 aliphatic heterocycles. The fraction of sp³-hybridized carbons (Fsp3) is 0.217. The van der Waals surface area contributed by atoms with Crippen LogP contribution in [0.25, 0.3) is 10.9 Å². The molecule has 10 heteroatoms. The number of pyridine rings is 1. The lowest BCUT2D eigenvalue weighted by Gasteiger charge is -2.14. The summed E-state index contributed by atoms with van der Waals surface area (Å²) in [6, 6.07) is 10.5. The predicted octanol–water partition coefficient (Wildman–Crippen LogP) is 5.41. The number of nitrogens with one attached hydrogen (secondary N) is 2. The van der Waals surface area contributed by atoms with Gasteiger partial charge in [-0.3, -0.25) is 10.3 Å². The van der Waals surface area contributed by atoms with E-state index in [0.717, 1.165) is 27.9 Å². The fourth-order valence-corrected chi connectivity index (χ4v) is 3.88. The van der Waals surface area contributed by atoms with Crippen molar-refractivity contribution in [2.75, 3.05) is 24.9 Å². The Morgan fingerprint density at radius 2 is 1.79 bits per heavy atom. The van der Waals surface area contributed by atoms with E-state index >= 15 is 0 Å². The van der Waals surface area contributed by atoms with Crippen molar-refractivity contribution in [1.82, 2.24) is 15.2 Å². The first-order valence-corrected chi connectivity index (χ1v) is 11.0. The fourth-order valence-electron chi connectivity index (χ4n) is 3.20. The Kier molecular flexibility index (Phi) is 6.55. The number of methoxy groups -OCH3 is 2. The number of benzene rings is 2. The standard InChI is InChI=1S/C23H23N5O4S/c1-5-21-27-28-23(33-21)26-22(29)25-16-7-6-14(10-13(16)2)32-18-8-9-24-17-12-20(31-4)19(30-3)11-15(17)18/h6-12H,5H2,1-4H3,(H2,25,26,28,29). The maximum atomic E-state index is 12.3. The van der Waals surface area contributed by atoms with Crippen LogP contribution >= 0.6 is 11.3 Å². The van der Waals surface area contributed by atoms with Crippen molar-refractivity contribution in [2.24, 2.45) is 0 Å². The summed E-state index contributed by atoms with van der Waals surface area (Å²) in [4.78, 5) is 16.7. The zero-order valence-electron chi connectivity index (χ0n) is 18.6. The summed E-state index contributed by atoms with van der Waals surface area (Å²) in [7, 11) is 3.17. The molecule has 0 spiro atoms. The van der Waals surface area contributed by atoms with Gasteiger partial charge in [0.25, 0.3) is 0 Å². The molecule has 0 unspecified atom stereocenters. The van der Waals surface area contributed by atoms with Crippen LogP contribution in [0.15, 0.2) is 42.6 Å². The van der Waals surface area contributed by atoms with Gasteiger partial charge in [-0.05, 0) is 49.2 Å². The first-order chi connectivity index (χ1) is 16.0. The maximum absolute atomic E-state index is 12.3. The molecule has 2 N–H and O–H groups in total. The van der Waals surface area contributed by atoms with E-state index in [1.54, 1.807) is 44.7 Å². The minimum absolute atomic E-state index is 0.383. The Hall–Kier alpha value is -3.92. The Bertz CT molecular complexity index is 1310. The Balaban J connectivity index is 1.51. The van der Waals surface area contributed by atoms with E-state index < -0.39 is 0 Å². The number of hydrogen-bond donors (Lipinski definition) is 2. The highest BCUT2D eigenvalue weighted by atomic mass is 32.1. The quantitative estimate of drug-likeness (QED) is 0.376. The van der Waals surface area contributed by atoms with E-state index in [0.29, 0.717) is 33.8 Å². The average molecular weight is 466 g/mol. The molecule has 33 heavy (non-hydrogen) atoms. The minimum Gasteiger partial charge on any atom is -0.493 e. The van der Waals surface area contributed by atoms with Crippen LogP contribution in [0.3, 0.4) is 0 Å². The molecule has 0 aliphatic rings. The third kappa shape index (κ3) is 4.96. The smallest absolute Gasteiger partial charge is 0.325 e. The second-order valence-corrected chi connectivity index (χ2v) is 8.11. The van der Waals surface area contributed by atoms with E-state index in [-0.39, 0.29) is 6.03 Å². The lowest BCUT2D eigenvalue weighted by molar-refractivity contribution is 0.262.